The van der Waals surface area contributed by atoms with Crippen molar-refractivity contribution in [3.8, 4) is 0 Å². The Balaban J connectivity index is 1.49. The van der Waals surface area contributed by atoms with E-state index in [0.29, 0.717) is 0 Å². The van der Waals surface area contributed by atoms with Crippen molar-refractivity contribution in [1.29, 1.82) is 0 Å². The Morgan fingerprint density at radius 3 is 2.38 bits per heavy atom. The number of aryl methyl sites for hydroxylation is 1. The molecule has 0 saturated carbocycles. The van der Waals surface area contributed by atoms with E-state index < -0.39 is 0 Å². The number of rotatable bonds is 6. The predicted molar refractivity (Wildman–Crippen MR) is 107 cm³/mol. The molecule has 0 aliphatic rings. The molecule has 1 N–H and O–H groups in total. The molecule has 0 amide bonds. The van der Waals surface area contributed by atoms with Crippen LogP contribution in [0.3, 0.4) is 0 Å². The molecular weight excluding hydrogens is 323 g/mol. The van der Waals surface area contributed by atoms with E-state index in [1.165, 1.54) is 39.5 Å². The molecule has 0 spiro atoms. The zero-order chi connectivity index (χ0) is 17.9. The predicted octanol–water partition coefficient (Wildman–Crippen LogP) is 5.29. The van der Waals surface area contributed by atoms with Gasteiger partial charge in [0.05, 0.1) is 0 Å². The van der Waals surface area contributed by atoms with Crippen LogP contribution in [0.2, 0.25) is 0 Å². The zero-order valence-corrected chi connectivity index (χ0v) is 15.0. The van der Waals surface area contributed by atoms with Crippen LogP contribution in [0.4, 0.5) is 4.39 Å². The number of nitrogens with one attached hydrogen (secondary N) is 1. The highest BCUT2D eigenvalue weighted by molar-refractivity contribution is 6.08. The number of benzene rings is 3. The van der Waals surface area contributed by atoms with Crippen LogP contribution in [0.5, 0.6) is 0 Å². The third kappa shape index (κ3) is 3.23. The molecule has 0 bridgehead atoms. The molecule has 0 aliphatic heterocycles. The van der Waals surface area contributed by atoms with Gasteiger partial charge in [-0.25, -0.2) is 4.39 Å². The lowest BCUT2D eigenvalue weighted by Crippen LogP contribution is -2.16. The van der Waals surface area contributed by atoms with E-state index in [9.17, 15) is 4.39 Å². The minimum Gasteiger partial charge on any atom is -0.341 e. The zero-order valence-electron chi connectivity index (χ0n) is 15.0. The van der Waals surface area contributed by atoms with Gasteiger partial charge in [-0.15, -0.1) is 0 Å². The Morgan fingerprint density at radius 1 is 0.846 bits per heavy atom. The molecule has 0 atom stereocenters. The minimum atomic E-state index is -0.179. The van der Waals surface area contributed by atoms with Crippen molar-refractivity contribution in [3.63, 3.8) is 0 Å². The van der Waals surface area contributed by atoms with E-state index in [2.05, 4.69) is 59.3 Å². The van der Waals surface area contributed by atoms with Crippen molar-refractivity contribution in [2.75, 3.05) is 6.54 Å². The standard InChI is InChI=1S/C23H23FN2/c1-2-26-22-6-4-3-5-20(22)21-15-18(9-12-23(21)26)16-25-14-13-17-7-10-19(24)11-8-17/h3-12,15,25H,2,13-14,16H2,1H3. The number of nitrogens with zero attached hydrogens (tertiary/aromatic N) is 1. The second-order valence-corrected chi connectivity index (χ2v) is 6.67. The fourth-order valence-corrected chi connectivity index (χ4v) is 3.67. The molecule has 3 aromatic carbocycles. The number of aromatic nitrogens is 1. The van der Waals surface area contributed by atoms with Gasteiger partial charge in [0, 0.05) is 34.9 Å². The Morgan fingerprint density at radius 2 is 1.58 bits per heavy atom. The SMILES string of the molecule is CCn1c2ccccc2c2cc(CNCCc3ccc(F)cc3)ccc21. The third-order valence-corrected chi connectivity index (χ3v) is 4.99. The second-order valence-electron chi connectivity index (χ2n) is 6.67. The van der Waals surface area contributed by atoms with Gasteiger partial charge in [-0.1, -0.05) is 36.4 Å². The Labute approximate surface area is 153 Å². The van der Waals surface area contributed by atoms with Gasteiger partial charge in [0.15, 0.2) is 0 Å². The monoisotopic (exact) mass is 346 g/mol. The molecule has 1 heterocycles. The van der Waals surface area contributed by atoms with Crippen molar-refractivity contribution in [2.24, 2.45) is 0 Å². The number of para-hydroxylation sites is 1. The summed E-state index contributed by atoms with van der Waals surface area (Å²) in [5.74, 6) is -0.179. The van der Waals surface area contributed by atoms with E-state index in [0.717, 1.165) is 31.6 Å². The molecule has 0 fully saturated rings. The van der Waals surface area contributed by atoms with E-state index >= 15 is 0 Å². The van der Waals surface area contributed by atoms with E-state index in [1.54, 1.807) is 0 Å². The van der Waals surface area contributed by atoms with Crippen molar-refractivity contribution >= 4 is 21.8 Å². The fourth-order valence-electron chi connectivity index (χ4n) is 3.67. The molecule has 1 aromatic heterocycles. The van der Waals surface area contributed by atoms with Gasteiger partial charge in [0.2, 0.25) is 0 Å². The van der Waals surface area contributed by atoms with Crippen LogP contribution in [0, 0.1) is 5.82 Å². The van der Waals surface area contributed by atoms with E-state index in [-0.39, 0.29) is 5.82 Å². The molecule has 132 valence electrons. The molecule has 2 nitrogen and oxygen atoms in total. The smallest absolute Gasteiger partial charge is 0.123 e. The fraction of sp³-hybridized carbons (Fsp3) is 0.217. The first kappa shape index (κ1) is 16.8. The lowest BCUT2D eigenvalue weighted by Gasteiger charge is -2.07. The lowest BCUT2D eigenvalue weighted by molar-refractivity contribution is 0.626. The summed E-state index contributed by atoms with van der Waals surface area (Å²) in [5, 5.41) is 6.13. The molecular formula is C23H23FN2. The highest BCUT2D eigenvalue weighted by Crippen LogP contribution is 2.29. The number of halogens is 1. The summed E-state index contributed by atoms with van der Waals surface area (Å²) in [4.78, 5) is 0. The van der Waals surface area contributed by atoms with Crippen molar-refractivity contribution in [2.45, 2.75) is 26.4 Å². The average molecular weight is 346 g/mol. The second kappa shape index (κ2) is 7.30. The van der Waals surface area contributed by atoms with Crippen LogP contribution < -0.4 is 5.32 Å². The number of hydrogen-bond donors (Lipinski definition) is 1. The molecule has 3 heteroatoms. The van der Waals surface area contributed by atoms with Crippen LogP contribution in [0.25, 0.3) is 21.8 Å². The summed E-state index contributed by atoms with van der Waals surface area (Å²) in [6, 6.07) is 22.1. The number of fused-ring (bicyclic) bond motifs is 3. The van der Waals surface area contributed by atoms with Gasteiger partial charge in [0.1, 0.15) is 5.82 Å². The van der Waals surface area contributed by atoms with Crippen LogP contribution >= 0.6 is 0 Å². The Bertz CT molecular complexity index is 1030. The molecule has 0 aliphatic carbocycles. The lowest BCUT2D eigenvalue weighted by atomic mass is 10.1. The molecule has 0 unspecified atom stereocenters. The first-order valence-electron chi connectivity index (χ1n) is 9.21. The van der Waals surface area contributed by atoms with Crippen LogP contribution in [0.15, 0.2) is 66.7 Å². The van der Waals surface area contributed by atoms with Gasteiger partial charge in [-0.2, -0.15) is 0 Å². The Hall–Kier alpha value is -2.65. The van der Waals surface area contributed by atoms with Gasteiger partial charge in [0.25, 0.3) is 0 Å². The first-order valence-corrected chi connectivity index (χ1v) is 9.21. The molecule has 0 radical (unpaired) electrons. The van der Waals surface area contributed by atoms with Crippen LogP contribution in [-0.2, 0) is 19.5 Å². The molecule has 4 aromatic rings. The quantitative estimate of drug-likeness (QED) is 0.470. The summed E-state index contributed by atoms with van der Waals surface area (Å²) < 4.78 is 15.3. The van der Waals surface area contributed by atoms with Gasteiger partial charge in [-0.3, -0.25) is 0 Å². The van der Waals surface area contributed by atoms with Gasteiger partial charge >= 0.3 is 0 Å². The normalized spacial score (nSPS) is 11.5. The minimum absolute atomic E-state index is 0.179. The largest absolute Gasteiger partial charge is 0.341 e. The molecule has 4 rings (SSSR count). The van der Waals surface area contributed by atoms with Gasteiger partial charge in [-0.05, 0) is 61.3 Å². The topological polar surface area (TPSA) is 17.0 Å². The summed E-state index contributed by atoms with van der Waals surface area (Å²) >= 11 is 0. The van der Waals surface area contributed by atoms with Crippen molar-refractivity contribution in [1.82, 2.24) is 9.88 Å². The van der Waals surface area contributed by atoms with Gasteiger partial charge < -0.3 is 9.88 Å². The van der Waals surface area contributed by atoms with Crippen LogP contribution in [0.1, 0.15) is 18.1 Å². The number of hydrogen-bond acceptors (Lipinski definition) is 1. The van der Waals surface area contributed by atoms with E-state index in [1.807, 2.05) is 12.1 Å². The maximum Gasteiger partial charge on any atom is 0.123 e. The molecule has 26 heavy (non-hydrogen) atoms. The summed E-state index contributed by atoms with van der Waals surface area (Å²) in [5.41, 5.74) is 5.03. The summed E-state index contributed by atoms with van der Waals surface area (Å²) in [6.45, 7) is 4.87. The van der Waals surface area contributed by atoms with Crippen molar-refractivity contribution < 1.29 is 4.39 Å². The average Bonchev–Trinajstić information content (AvgIpc) is 3.00. The summed E-state index contributed by atoms with van der Waals surface area (Å²) in [6.07, 6.45) is 0.900. The maximum absolute atomic E-state index is 12.9. The molecule has 0 saturated heterocycles. The summed E-state index contributed by atoms with van der Waals surface area (Å²) in [7, 11) is 0. The van der Waals surface area contributed by atoms with E-state index in [4.69, 9.17) is 0 Å². The van der Waals surface area contributed by atoms with Crippen molar-refractivity contribution in [3.05, 3.63) is 83.7 Å². The first-order chi connectivity index (χ1) is 12.8. The highest BCUT2D eigenvalue weighted by atomic mass is 19.1. The van der Waals surface area contributed by atoms with Crippen LogP contribution in [-0.4, -0.2) is 11.1 Å². The maximum atomic E-state index is 12.9. The Kier molecular flexibility index (Phi) is 4.72. The highest BCUT2D eigenvalue weighted by Gasteiger charge is 2.09. The third-order valence-electron chi connectivity index (χ3n) is 4.99.